The summed E-state index contributed by atoms with van der Waals surface area (Å²) < 4.78 is 5.21. The van der Waals surface area contributed by atoms with Gasteiger partial charge >= 0.3 is 5.97 Å². The minimum absolute atomic E-state index is 0.0961. The van der Waals surface area contributed by atoms with Crippen LogP contribution in [0.15, 0.2) is 11.1 Å². The molecule has 4 atom stereocenters. The van der Waals surface area contributed by atoms with Crippen molar-refractivity contribution >= 4 is 5.97 Å². The summed E-state index contributed by atoms with van der Waals surface area (Å²) >= 11 is 0. The molecule has 21 heavy (non-hydrogen) atoms. The van der Waals surface area contributed by atoms with Gasteiger partial charge in [0, 0.05) is 12.8 Å². The maximum absolute atomic E-state index is 11.2. The summed E-state index contributed by atoms with van der Waals surface area (Å²) in [6.07, 6.45) is 2.19. The van der Waals surface area contributed by atoms with Gasteiger partial charge in [0.05, 0.1) is 12.7 Å². The van der Waals surface area contributed by atoms with Crippen LogP contribution in [-0.4, -0.2) is 35.5 Å². The molecule has 0 saturated heterocycles. The Kier molecular flexibility index (Phi) is 4.79. The lowest BCUT2D eigenvalue weighted by molar-refractivity contribution is -0.140. The van der Waals surface area contributed by atoms with Crippen LogP contribution >= 0.6 is 0 Å². The van der Waals surface area contributed by atoms with Crippen molar-refractivity contribution in [2.75, 3.05) is 13.2 Å². The average molecular weight is 296 g/mol. The van der Waals surface area contributed by atoms with Crippen molar-refractivity contribution in [3.63, 3.8) is 0 Å². The molecule has 0 bridgehead atoms. The van der Waals surface area contributed by atoms with E-state index < -0.39 is 6.10 Å². The summed E-state index contributed by atoms with van der Waals surface area (Å²) in [5.41, 5.74) is 2.50. The number of rotatable bonds is 3. The van der Waals surface area contributed by atoms with Gasteiger partial charge in [0.15, 0.2) is 0 Å². The molecule has 2 rings (SSSR count). The molecule has 0 aromatic rings. The van der Waals surface area contributed by atoms with Crippen molar-refractivity contribution in [1.29, 1.82) is 0 Å². The van der Waals surface area contributed by atoms with E-state index in [1.54, 1.807) is 0 Å². The average Bonchev–Trinajstić information content (AvgIpc) is 2.65. The van der Waals surface area contributed by atoms with Crippen molar-refractivity contribution in [3.8, 4) is 0 Å². The summed E-state index contributed by atoms with van der Waals surface area (Å²) in [7, 11) is 0. The first kappa shape index (κ1) is 16.5. The molecule has 0 aliphatic heterocycles. The second kappa shape index (κ2) is 6.09. The first-order valence-corrected chi connectivity index (χ1v) is 7.89. The highest BCUT2D eigenvalue weighted by atomic mass is 16.5. The van der Waals surface area contributed by atoms with Crippen molar-refractivity contribution in [2.24, 2.45) is 23.2 Å². The topological polar surface area (TPSA) is 66.8 Å². The molecule has 0 spiro atoms. The Bertz CT molecular complexity index is 438. The van der Waals surface area contributed by atoms with Crippen LogP contribution in [0.1, 0.15) is 47.0 Å². The Hall–Kier alpha value is -0.870. The molecule has 1 saturated carbocycles. The minimum atomic E-state index is -0.559. The highest BCUT2D eigenvalue weighted by Crippen LogP contribution is 2.52. The number of carbonyl (C=O) groups excluding carboxylic acids is 1. The van der Waals surface area contributed by atoms with Gasteiger partial charge in [0.25, 0.3) is 0 Å². The van der Waals surface area contributed by atoms with E-state index in [-0.39, 0.29) is 30.5 Å². The van der Waals surface area contributed by atoms with Crippen LogP contribution in [-0.2, 0) is 9.53 Å². The number of aliphatic hydroxyl groups is 2. The van der Waals surface area contributed by atoms with E-state index in [1.807, 2.05) is 0 Å². The van der Waals surface area contributed by atoms with Gasteiger partial charge in [-0.3, -0.25) is 4.79 Å². The molecular formula is C17H28O4. The monoisotopic (exact) mass is 296 g/mol. The number of fused-ring (bicyclic) bond motifs is 1. The fourth-order valence-corrected chi connectivity index (χ4v) is 4.12. The van der Waals surface area contributed by atoms with Crippen LogP contribution in [0, 0.1) is 23.2 Å². The first-order chi connectivity index (χ1) is 9.75. The fourth-order valence-electron chi connectivity index (χ4n) is 4.12. The van der Waals surface area contributed by atoms with Crippen LogP contribution in [0.2, 0.25) is 0 Å². The van der Waals surface area contributed by atoms with Crippen molar-refractivity contribution in [1.82, 2.24) is 0 Å². The number of ether oxygens (including phenoxy) is 1. The summed E-state index contributed by atoms with van der Waals surface area (Å²) in [4.78, 5) is 11.2. The number of esters is 1. The van der Waals surface area contributed by atoms with Gasteiger partial charge in [-0.15, -0.1) is 0 Å². The van der Waals surface area contributed by atoms with E-state index in [4.69, 9.17) is 4.74 Å². The van der Waals surface area contributed by atoms with Crippen molar-refractivity contribution in [2.45, 2.75) is 53.1 Å². The first-order valence-electron chi connectivity index (χ1n) is 7.89. The molecule has 2 N–H and O–H groups in total. The Labute approximate surface area is 127 Å². The van der Waals surface area contributed by atoms with Crippen LogP contribution in [0.4, 0.5) is 0 Å². The Morgan fingerprint density at radius 1 is 1.43 bits per heavy atom. The Morgan fingerprint density at radius 3 is 2.67 bits per heavy atom. The van der Waals surface area contributed by atoms with E-state index >= 15 is 0 Å². The molecule has 120 valence electrons. The molecular weight excluding hydrogens is 268 g/mol. The van der Waals surface area contributed by atoms with Gasteiger partial charge in [-0.2, -0.15) is 0 Å². The third-order valence-electron chi connectivity index (χ3n) is 5.14. The van der Waals surface area contributed by atoms with E-state index in [1.165, 1.54) is 12.5 Å². The maximum atomic E-state index is 11.2. The van der Waals surface area contributed by atoms with Crippen molar-refractivity contribution in [3.05, 3.63) is 11.1 Å². The molecule has 2 aliphatic rings. The molecule has 4 nitrogen and oxygen atoms in total. The molecule has 0 unspecified atom stereocenters. The van der Waals surface area contributed by atoms with Gasteiger partial charge in [-0.25, -0.2) is 0 Å². The van der Waals surface area contributed by atoms with E-state index in [0.29, 0.717) is 18.3 Å². The zero-order chi connectivity index (χ0) is 15.8. The Balaban J connectivity index is 2.41. The summed E-state index contributed by atoms with van der Waals surface area (Å²) in [5.74, 6) is 0.193. The molecule has 0 radical (unpaired) electrons. The zero-order valence-corrected chi connectivity index (χ0v) is 13.6. The van der Waals surface area contributed by atoms with E-state index in [9.17, 15) is 15.0 Å². The van der Waals surface area contributed by atoms with Gasteiger partial charge < -0.3 is 14.9 Å². The number of hydrogen-bond donors (Lipinski definition) is 2. The van der Waals surface area contributed by atoms with E-state index in [2.05, 4.69) is 20.8 Å². The highest BCUT2D eigenvalue weighted by Gasteiger charge is 2.44. The number of carbonyl (C=O) groups is 1. The molecule has 0 aromatic heterocycles. The highest BCUT2D eigenvalue weighted by molar-refractivity contribution is 5.66. The van der Waals surface area contributed by atoms with Gasteiger partial charge in [-0.05, 0) is 42.1 Å². The predicted octanol–water partition coefficient (Wildman–Crippen LogP) is 2.29. The largest absolute Gasteiger partial charge is 0.461 e. The maximum Gasteiger partial charge on any atom is 0.302 e. The van der Waals surface area contributed by atoms with Crippen LogP contribution in [0.3, 0.4) is 0 Å². The van der Waals surface area contributed by atoms with Crippen LogP contribution < -0.4 is 0 Å². The molecule has 1 fully saturated rings. The summed E-state index contributed by atoms with van der Waals surface area (Å²) in [5, 5.41) is 20.1. The summed E-state index contributed by atoms with van der Waals surface area (Å²) in [6, 6.07) is 0. The number of allylic oxidation sites excluding steroid dienone is 1. The predicted molar refractivity (Wildman–Crippen MR) is 80.5 cm³/mol. The van der Waals surface area contributed by atoms with Crippen molar-refractivity contribution < 1.29 is 19.7 Å². The molecule has 0 amide bonds. The number of aliphatic hydroxyl groups excluding tert-OH is 2. The lowest BCUT2D eigenvalue weighted by Gasteiger charge is -2.25. The van der Waals surface area contributed by atoms with Gasteiger partial charge in [0.2, 0.25) is 0 Å². The molecule has 0 heterocycles. The number of hydrogen-bond acceptors (Lipinski definition) is 4. The minimum Gasteiger partial charge on any atom is -0.461 e. The normalized spacial score (nSPS) is 35.3. The van der Waals surface area contributed by atoms with E-state index in [0.717, 1.165) is 18.4 Å². The van der Waals surface area contributed by atoms with Gasteiger partial charge in [0.1, 0.15) is 6.61 Å². The summed E-state index contributed by atoms with van der Waals surface area (Å²) in [6.45, 7) is 8.20. The molecule has 0 aromatic carbocycles. The standard InChI is InChI=1S/C17H28O4/c1-10-5-16(20)14(8-18)15(9-21-11(2)19)13-7-17(3,4)6-12(10)13/h10,12,14,16,18,20H,5-9H2,1-4H3/t10-,12-,14+,16-/m0/s1. The lowest BCUT2D eigenvalue weighted by Crippen LogP contribution is -2.28. The van der Waals surface area contributed by atoms with Crippen LogP contribution in [0.25, 0.3) is 0 Å². The second-order valence-electron chi connectivity index (χ2n) is 7.55. The third kappa shape index (κ3) is 3.49. The zero-order valence-electron chi connectivity index (χ0n) is 13.6. The third-order valence-corrected chi connectivity index (χ3v) is 5.14. The van der Waals surface area contributed by atoms with Gasteiger partial charge in [-0.1, -0.05) is 26.3 Å². The molecule has 4 heteroatoms. The van der Waals surface area contributed by atoms with Crippen LogP contribution in [0.5, 0.6) is 0 Å². The second-order valence-corrected chi connectivity index (χ2v) is 7.55. The fraction of sp³-hybridized carbons (Fsp3) is 0.824. The quantitative estimate of drug-likeness (QED) is 0.619. The smallest absolute Gasteiger partial charge is 0.302 e. The Morgan fingerprint density at radius 2 is 2.10 bits per heavy atom. The lowest BCUT2D eigenvalue weighted by atomic mass is 9.83. The SMILES string of the molecule is CC(=O)OCC1=C2CC(C)(C)C[C@H]2[C@@H](C)C[C@H](O)[C@@H]1CO. The molecule has 2 aliphatic carbocycles.